The van der Waals surface area contributed by atoms with Gasteiger partial charge in [0.1, 0.15) is 0 Å². The van der Waals surface area contributed by atoms with E-state index in [4.69, 9.17) is 9.97 Å². The quantitative estimate of drug-likeness (QED) is 0.430. The number of hydrogen-bond donors (Lipinski definition) is 0. The second-order valence-electron chi connectivity index (χ2n) is 7.18. The Morgan fingerprint density at radius 3 is 1.21 bits per heavy atom. The van der Waals surface area contributed by atoms with E-state index in [1.807, 2.05) is 26.0 Å². The maximum atomic E-state index is 4.92. The molecule has 0 aliphatic rings. The summed E-state index contributed by atoms with van der Waals surface area (Å²) in [4.78, 5) is 9.83. The third-order valence-corrected chi connectivity index (χ3v) is 5.11. The Morgan fingerprint density at radius 2 is 0.857 bits per heavy atom. The van der Waals surface area contributed by atoms with Gasteiger partial charge in [-0.3, -0.25) is 9.97 Å². The molecule has 2 heterocycles. The van der Waals surface area contributed by atoms with Gasteiger partial charge in [-0.15, -0.1) is 0 Å². The average molecular weight is 364 g/mol. The zero-order chi connectivity index (χ0) is 19.3. The van der Waals surface area contributed by atoms with Crippen molar-refractivity contribution in [1.82, 2.24) is 9.97 Å². The highest BCUT2D eigenvalue weighted by Gasteiger charge is 2.30. The molecule has 0 saturated carbocycles. The second kappa shape index (κ2) is 8.18. The van der Waals surface area contributed by atoms with Crippen LogP contribution in [0.4, 0.5) is 0 Å². The minimum atomic E-state index is 0.0813. The van der Waals surface area contributed by atoms with Gasteiger partial charge < -0.3 is 0 Å². The fraction of sp³-hybridized carbons (Fsp3) is 0.154. The lowest BCUT2D eigenvalue weighted by atomic mass is 9.77. The van der Waals surface area contributed by atoms with Gasteiger partial charge in [-0.1, -0.05) is 72.8 Å². The van der Waals surface area contributed by atoms with Crippen molar-refractivity contribution < 1.29 is 0 Å². The maximum Gasteiger partial charge on any atom is 0.0491 e. The van der Waals surface area contributed by atoms with Gasteiger partial charge in [0, 0.05) is 34.6 Å². The lowest BCUT2D eigenvalue weighted by Gasteiger charge is -2.28. The summed E-state index contributed by atoms with van der Waals surface area (Å²) < 4.78 is 0. The summed E-state index contributed by atoms with van der Waals surface area (Å²) in [6.45, 7) is 4.10. The van der Waals surface area contributed by atoms with E-state index in [1.165, 1.54) is 11.1 Å². The Balaban J connectivity index is 1.96. The van der Waals surface area contributed by atoms with Crippen LogP contribution in [0, 0.1) is 13.8 Å². The molecule has 0 unspecified atom stereocenters. The molecule has 2 atom stereocenters. The van der Waals surface area contributed by atoms with Crippen LogP contribution in [0.15, 0.2) is 97.1 Å². The molecule has 0 N–H and O–H groups in total. The van der Waals surface area contributed by atoms with E-state index in [9.17, 15) is 0 Å². The molecule has 2 heteroatoms. The van der Waals surface area contributed by atoms with Crippen molar-refractivity contribution in [3.05, 3.63) is 131 Å². The van der Waals surface area contributed by atoms with Gasteiger partial charge in [-0.25, -0.2) is 0 Å². The Kier molecular flexibility index (Phi) is 5.29. The zero-order valence-electron chi connectivity index (χ0n) is 16.3. The predicted molar refractivity (Wildman–Crippen MR) is 115 cm³/mol. The van der Waals surface area contributed by atoms with Gasteiger partial charge in [-0.05, 0) is 49.2 Å². The monoisotopic (exact) mass is 364 g/mol. The summed E-state index contributed by atoms with van der Waals surface area (Å²) in [7, 11) is 0. The number of benzene rings is 2. The molecular formula is C26H24N2. The van der Waals surface area contributed by atoms with Crippen LogP contribution in [0.25, 0.3) is 0 Å². The van der Waals surface area contributed by atoms with Gasteiger partial charge in [0.25, 0.3) is 0 Å². The van der Waals surface area contributed by atoms with E-state index in [0.29, 0.717) is 0 Å². The van der Waals surface area contributed by atoms with Crippen molar-refractivity contribution in [3.8, 4) is 0 Å². The molecule has 4 rings (SSSR count). The van der Waals surface area contributed by atoms with Gasteiger partial charge in [0.15, 0.2) is 0 Å². The number of nitrogens with zero attached hydrogens (tertiary/aromatic N) is 2. The zero-order valence-corrected chi connectivity index (χ0v) is 16.3. The van der Waals surface area contributed by atoms with E-state index in [2.05, 4.69) is 84.9 Å². The van der Waals surface area contributed by atoms with E-state index in [0.717, 1.165) is 22.8 Å². The molecule has 2 aromatic heterocycles. The highest BCUT2D eigenvalue weighted by molar-refractivity contribution is 5.41. The highest BCUT2D eigenvalue weighted by Crippen LogP contribution is 2.41. The molecule has 0 saturated heterocycles. The number of hydrogen-bond acceptors (Lipinski definition) is 2. The van der Waals surface area contributed by atoms with Crippen LogP contribution in [0.5, 0.6) is 0 Å². The van der Waals surface area contributed by atoms with Gasteiger partial charge in [0.05, 0.1) is 0 Å². The first kappa shape index (κ1) is 18.1. The first-order valence-electron chi connectivity index (χ1n) is 9.69. The summed E-state index contributed by atoms with van der Waals surface area (Å²) >= 11 is 0. The fourth-order valence-electron chi connectivity index (χ4n) is 3.86. The topological polar surface area (TPSA) is 25.8 Å². The van der Waals surface area contributed by atoms with Crippen molar-refractivity contribution in [3.63, 3.8) is 0 Å². The van der Waals surface area contributed by atoms with E-state index >= 15 is 0 Å². The molecule has 0 amide bonds. The lowest BCUT2D eigenvalue weighted by Crippen LogP contribution is -2.17. The summed E-state index contributed by atoms with van der Waals surface area (Å²) in [6.07, 6.45) is 0. The van der Waals surface area contributed by atoms with Gasteiger partial charge in [0.2, 0.25) is 0 Å². The summed E-state index contributed by atoms with van der Waals surface area (Å²) in [6, 6.07) is 33.9. The largest absolute Gasteiger partial charge is 0.258 e. The Bertz CT molecular complexity index is 955. The second-order valence-corrected chi connectivity index (χ2v) is 7.18. The van der Waals surface area contributed by atoms with Crippen LogP contribution in [0.3, 0.4) is 0 Å². The predicted octanol–water partition coefficient (Wildman–Crippen LogP) is 6.06. The van der Waals surface area contributed by atoms with Crippen LogP contribution >= 0.6 is 0 Å². The van der Waals surface area contributed by atoms with Crippen molar-refractivity contribution in [2.45, 2.75) is 25.7 Å². The molecule has 138 valence electrons. The number of aromatic nitrogens is 2. The molecule has 0 aliphatic carbocycles. The van der Waals surface area contributed by atoms with E-state index in [1.54, 1.807) is 0 Å². The molecule has 0 bridgehead atoms. The average Bonchev–Trinajstić information content (AvgIpc) is 2.73. The third kappa shape index (κ3) is 3.86. The van der Waals surface area contributed by atoms with Crippen LogP contribution in [-0.4, -0.2) is 9.97 Å². The maximum absolute atomic E-state index is 4.92. The van der Waals surface area contributed by atoms with Crippen molar-refractivity contribution in [2.24, 2.45) is 0 Å². The normalized spacial score (nSPS) is 13.1. The number of pyridine rings is 2. The van der Waals surface area contributed by atoms with E-state index < -0.39 is 0 Å². The minimum absolute atomic E-state index is 0.0813. The third-order valence-electron chi connectivity index (χ3n) is 5.11. The SMILES string of the molecule is Cc1cccc([C@H](c2ccccc2)[C@@H](c2ccccc2)c2cccc(C)n2)n1. The smallest absolute Gasteiger partial charge is 0.0491 e. The number of rotatable bonds is 5. The van der Waals surface area contributed by atoms with Gasteiger partial charge in [-0.2, -0.15) is 0 Å². The van der Waals surface area contributed by atoms with Crippen molar-refractivity contribution >= 4 is 0 Å². The van der Waals surface area contributed by atoms with Crippen LogP contribution in [0.2, 0.25) is 0 Å². The molecule has 0 aliphatic heterocycles. The molecule has 2 aromatic carbocycles. The lowest BCUT2D eigenvalue weighted by molar-refractivity contribution is 0.654. The molecule has 28 heavy (non-hydrogen) atoms. The molecule has 0 radical (unpaired) electrons. The molecular weight excluding hydrogens is 340 g/mol. The summed E-state index contributed by atoms with van der Waals surface area (Å²) in [5.74, 6) is 0.163. The van der Waals surface area contributed by atoms with Crippen LogP contribution in [-0.2, 0) is 0 Å². The molecule has 4 aromatic rings. The summed E-state index contributed by atoms with van der Waals surface area (Å²) in [5, 5.41) is 0. The summed E-state index contributed by atoms with van der Waals surface area (Å²) in [5.41, 5.74) is 6.70. The molecule has 0 fully saturated rings. The van der Waals surface area contributed by atoms with Crippen molar-refractivity contribution in [2.75, 3.05) is 0 Å². The number of aryl methyl sites for hydroxylation is 2. The van der Waals surface area contributed by atoms with Gasteiger partial charge >= 0.3 is 0 Å². The standard InChI is InChI=1S/C26H24N2/c1-19-11-9-17-23(27-19)25(21-13-5-3-6-14-21)26(22-15-7-4-8-16-22)24-18-10-12-20(2)28-24/h3-18,25-26H,1-2H3/t25-,26-/m0/s1. The van der Waals surface area contributed by atoms with E-state index in [-0.39, 0.29) is 11.8 Å². The highest BCUT2D eigenvalue weighted by atomic mass is 14.7. The Labute approximate surface area is 167 Å². The Morgan fingerprint density at radius 1 is 0.464 bits per heavy atom. The fourth-order valence-corrected chi connectivity index (χ4v) is 3.86. The molecule has 0 spiro atoms. The van der Waals surface area contributed by atoms with Crippen LogP contribution in [0.1, 0.15) is 45.7 Å². The Hall–Kier alpha value is -3.26. The molecule has 2 nitrogen and oxygen atoms in total. The first-order valence-corrected chi connectivity index (χ1v) is 9.69. The van der Waals surface area contributed by atoms with Crippen molar-refractivity contribution in [1.29, 1.82) is 0 Å². The first-order chi connectivity index (χ1) is 13.7. The van der Waals surface area contributed by atoms with Crippen LogP contribution < -0.4 is 0 Å². The minimum Gasteiger partial charge on any atom is -0.258 e.